The molecule has 0 bridgehead atoms. The molecule has 0 saturated carbocycles. The Morgan fingerprint density at radius 2 is 1.62 bits per heavy atom. The normalized spacial score (nSPS) is 15.5. The summed E-state index contributed by atoms with van der Waals surface area (Å²) in [5, 5.41) is 35.1. The fourth-order valence-electron chi connectivity index (χ4n) is 3.00. The van der Waals surface area contributed by atoms with Crippen LogP contribution >= 0.6 is 0 Å². The van der Waals surface area contributed by atoms with E-state index >= 15 is 0 Å². The minimum absolute atomic E-state index is 0.0353. The first-order valence-corrected chi connectivity index (χ1v) is 10.6. The van der Waals surface area contributed by atoms with Crippen molar-refractivity contribution >= 4 is 29.7 Å². The number of imidazole rings is 1. The van der Waals surface area contributed by atoms with E-state index in [0.29, 0.717) is 5.69 Å². The number of carbonyl (C=O) groups is 5. The molecule has 5 atom stereocenters. The fraction of sp³-hybridized carbons (Fsp3) is 0.600. The van der Waals surface area contributed by atoms with Crippen LogP contribution in [0, 0.1) is 5.92 Å². The highest BCUT2D eigenvalue weighted by atomic mass is 16.4. The van der Waals surface area contributed by atoms with Crippen molar-refractivity contribution in [2.24, 2.45) is 11.7 Å². The summed E-state index contributed by atoms with van der Waals surface area (Å²) in [5.74, 6) is -5.34. The summed E-state index contributed by atoms with van der Waals surface area (Å²) in [7, 11) is 0. The molecule has 0 radical (unpaired) electrons. The van der Waals surface area contributed by atoms with E-state index in [1.807, 2.05) is 0 Å². The summed E-state index contributed by atoms with van der Waals surface area (Å²) in [6.45, 7) is 4.79. The van der Waals surface area contributed by atoms with Gasteiger partial charge in [-0.05, 0) is 19.3 Å². The van der Waals surface area contributed by atoms with Gasteiger partial charge in [0.15, 0.2) is 0 Å². The Balaban J connectivity index is 3.03. The van der Waals surface area contributed by atoms with Crippen LogP contribution in [0.5, 0.6) is 0 Å². The standard InChI is InChI=1S/C20H32N6O8/c1-9(2)4-14(20(33)34)25-18(31)13(5-11-7-22-8-23-11)24-19(32)16(10(3)27)26-17(30)12(21)6-15(28)29/h7-10,12-14,16,27H,4-6,21H2,1-3H3,(H,22,23)(H,24,32)(H,25,31)(H,26,30)(H,28,29)(H,33,34). The number of carboxylic acid groups (broad SMARTS) is 2. The number of nitrogens with one attached hydrogen (secondary N) is 4. The van der Waals surface area contributed by atoms with Gasteiger partial charge in [0, 0.05) is 18.3 Å². The van der Waals surface area contributed by atoms with Crippen molar-refractivity contribution in [1.29, 1.82) is 0 Å². The van der Waals surface area contributed by atoms with Crippen LogP contribution in [0.4, 0.5) is 0 Å². The Labute approximate surface area is 195 Å². The first-order valence-electron chi connectivity index (χ1n) is 10.6. The largest absolute Gasteiger partial charge is 0.481 e. The maximum absolute atomic E-state index is 12.9. The molecule has 0 saturated heterocycles. The molecule has 0 aromatic carbocycles. The number of carbonyl (C=O) groups excluding carboxylic acids is 3. The number of aliphatic carboxylic acids is 2. The monoisotopic (exact) mass is 484 g/mol. The van der Waals surface area contributed by atoms with Crippen LogP contribution in [-0.4, -0.2) is 85.2 Å². The number of nitrogens with zero attached hydrogens (tertiary/aromatic N) is 1. The highest BCUT2D eigenvalue weighted by molar-refractivity contribution is 5.95. The molecule has 1 aromatic heterocycles. The summed E-state index contributed by atoms with van der Waals surface area (Å²) >= 11 is 0. The first kappa shape index (κ1) is 28.5. The maximum atomic E-state index is 12.9. The molecule has 14 heteroatoms. The van der Waals surface area contributed by atoms with Gasteiger partial charge < -0.3 is 42.0 Å². The van der Waals surface area contributed by atoms with Gasteiger partial charge in [-0.2, -0.15) is 0 Å². The topological polar surface area (TPSA) is 237 Å². The number of hydrogen-bond donors (Lipinski definition) is 8. The molecule has 34 heavy (non-hydrogen) atoms. The van der Waals surface area contributed by atoms with Gasteiger partial charge in [0.05, 0.1) is 24.9 Å². The molecule has 0 aliphatic heterocycles. The van der Waals surface area contributed by atoms with Gasteiger partial charge >= 0.3 is 11.9 Å². The lowest BCUT2D eigenvalue weighted by molar-refractivity contribution is -0.143. The van der Waals surface area contributed by atoms with Gasteiger partial charge in [-0.25, -0.2) is 9.78 Å². The predicted molar refractivity (Wildman–Crippen MR) is 117 cm³/mol. The third kappa shape index (κ3) is 9.54. The maximum Gasteiger partial charge on any atom is 0.326 e. The van der Waals surface area contributed by atoms with Crippen molar-refractivity contribution in [3.63, 3.8) is 0 Å². The van der Waals surface area contributed by atoms with Crippen LogP contribution in [0.2, 0.25) is 0 Å². The average molecular weight is 485 g/mol. The van der Waals surface area contributed by atoms with Crippen molar-refractivity contribution < 1.29 is 39.3 Å². The highest BCUT2D eigenvalue weighted by Gasteiger charge is 2.33. The molecule has 1 aromatic rings. The van der Waals surface area contributed by atoms with Crippen molar-refractivity contribution in [3.8, 4) is 0 Å². The highest BCUT2D eigenvalue weighted by Crippen LogP contribution is 2.07. The van der Waals surface area contributed by atoms with Gasteiger partial charge in [-0.3, -0.25) is 19.2 Å². The Morgan fingerprint density at radius 3 is 2.09 bits per heavy atom. The number of H-pyrrole nitrogens is 1. The quantitative estimate of drug-likeness (QED) is 0.141. The second-order valence-corrected chi connectivity index (χ2v) is 8.30. The van der Waals surface area contributed by atoms with E-state index in [1.54, 1.807) is 13.8 Å². The first-order chi connectivity index (χ1) is 15.8. The third-order valence-electron chi connectivity index (χ3n) is 4.73. The second-order valence-electron chi connectivity index (χ2n) is 8.30. The van der Waals surface area contributed by atoms with Crippen molar-refractivity contribution in [1.82, 2.24) is 25.9 Å². The van der Waals surface area contributed by atoms with E-state index in [9.17, 15) is 34.2 Å². The Morgan fingerprint density at radius 1 is 1.00 bits per heavy atom. The zero-order valence-electron chi connectivity index (χ0n) is 19.1. The minimum atomic E-state index is -1.56. The summed E-state index contributed by atoms with van der Waals surface area (Å²) in [4.78, 5) is 66.8. The molecule has 0 aliphatic rings. The van der Waals surface area contributed by atoms with Gasteiger partial charge in [0.2, 0.25) is 17.7 Å². The lowest BCUT2D eigenvalue weighted by Gasteiger charge is -2.26. The molecule has 1 rings (SSSR count). The molecule has 9 N–H and O–H groups in total. The number of hydrogen-bond acceptors (Lipinski definition) is 8. The minimum Gasteiger partial charge on any atom is -0.481 e. The Kier molecular flexibility index (Phi) is 11.1. The number of aliphatic hydroxyl groups excluding tert-OH is 1. The zero-order valence-corrected chi connectivity index (χ0v) is 19.1. The molecule has 0 fully saturated rings. The van der Waals surface area contributed by atoms with E-state index in [1.165, 1.54) is 19.4 Å². The predicted octanol–water partition coefficient (Wildman–Crippen LogP) is -2.28. The molecular formula is C20H32N6O8. The van der Waals surface area contributed by atoms with E-state index in [2.05, 4.69) is 25.9 Å². The number of rotatable bonds is 14. The molecule has 3 amide bonds. The lowest BCUT2D eigenvalue weighted by Crippen LogP contribution is -2.60. The molecule has 1 heterocycles. The second kappa shape index (κ2) is 13.3. The average Bonchev–Trinajstić information content (AvgIpc) is 3.22. The summed E-state index contributed by atoms with van der Waals surface area (Å²) in [6, 6.07) is -5.51. The van der Waals surface area contributed by atoms with Crippen LogP contribution < -0.4 is 21.7 Å². The van der Waals surface area contributed by atoms with Gasteiger partial charge in [-0.15, -0.1) is 0 Å². The van der Waals surface area contributed by atoms with E-state index < -0.39 is 66.4 Å². The summed E-state index contributed by atoms with van der Waals surface area (Å²) in [5.41, 5.74) is 5.95. The summed E-state index contributed by atoms with van der Waals surface area (Å²) in [6.07, 6.45) is 0.702. The van der Waals surface area contributed by atoms with Crippen LogP contribution in [0.3, 0.4) is 0 Å². The summed E-state index contributed by atoms with van der Waals surface area (Å²) < 4.78 is 0. The van der Waals surface area contributed by atoms with Crippen LogP contribution in [0.25, 0.3) is 0 Å². The Bertz CT molecular complexity index is 857. The number of aromatic amines is 1. The van der Waals surface area contributed by atoms with Gasteiger partial charge in [-0.1, -0.05) is 13.8 Å². The van der Waals surface area contributed by atoms with Crippen LogP contribution in [-0.2, 0) is 30.4 Å². The molecule has 0 aliphatic carbocycles. The number of nitrogens with two attached hydrogens (primary N) is 1. The van der Waals surface area contributed by atoms with E-state index in [0.717, 1.165) is 0 Å². The van der Waals surface area contributed by atoms with E-state index in [4.69, 9.17) is 10.8 Å². The molecule has 5 unspecified atom stereocenters. The molecular weight excluding hydrogens is 452 g/mol. The van der Waals surface area contributed by atoms with Crippen molar-refractivity contribution in [3.05, 3.63) is 18.2 Å². The smallest absolute Gasteiger partial charge is 0.326 e. The zero-order chi connectivity index (χ0) is 26.0. The van der Waals surface area contributed by atoms with Gasteiger partial charge in [0.25, 0.3) is 0 Å². The SMILES string of the molecule is CC(C)CC(NC(=O)C(Cc1cnc[nH]1)NC(=O)C(NC(=O)C(N)CC(=O)O)C(C)O)C(=O)O. The molecule has 14 nitrogen and oxygen atoms in total. The number of carboxylic acids is 2. The van der Waals surface area contributed by atoms with E-state index in [-0.39, 0.29) is 18.8 Å². The molecule has 190 valence electrons. The van der Waals surface area contributed by atoms with Crippen molar-refractivity contribution in [2.75, 3.05) is 0 Å². The lowest BCUT2D eigenvalue weighted by atomic mass is 10.0. The van der Waals surface area contributed by atoms with Crippen LogP contribution in [0.1, 0.15) is 39.3 Å². The Hall–Kier alpha value is -3.52. The third-order valence-corrected chi connectivity index (χ3v) is 4.73. The molecule has 0 spiro atoms. The van der Waals surface area contributed by atoms with Gasteiger partial charge in [0.1, 0.15) is 18.1 Å². The number of aliphatic hydroxyl groups is 1. The number of amides is 3. The van der Waals surface area contributed by atoms with Crippen molar-refractivity contribution in [2.45, 2.75) is 70.3 Å². The fourth-order valence-corrected chi connectivity index (χ4v) is 3.00. The van der Waals surface area contributed by atoms with Crippen LogP contribution in [0.15, 0.2) is 12.5 Å². The number of aromatic nitrogens is 2.